The van der Waals surface area contributed by atoms with Gasteiger partial charge in [0.15, 0.2) is 11.5 Å². The lowest BCUT2D eigenvalue weighted by atomic mass is 10.1. The Morgan fingerprint density at radius 2 is 1.97 bits per heavy atom. The zero-order valence-electron chi connectivity index (χ0n) is 16.5. The molecule has 1 aliphatic rings. The minimum absolute atomic E-state index is 0.221. The summed E-state index contributed by atoms with van der Waals surface area (Å²) in [6, 6.07) is 6.14. The van der Waals surface area contributed by atoms with Crippen molar-refractivity contribution in [3.8, 4) is 17.0 Å². The molecule has 2 aromatic heterocycles. The van der Waals surface area contributed by atoms with Crippen LogP contribution in [0.2, 0.25) is 0 Å². The number of rotatable bonds is 4. The summed E-state index contributed by atoms with van der Waals surface area (Å²) in [5.74, 6) is -1.33. The molecule has 0 N–H and O–H groups in total. The molecule has 0 saturated carbocycles. The number of aromatic nitrogens is 3. The molecule has 1 fully saturated rings. The molecule has 0 spiro atoms. The maximum Gasteiger partial charge on any atom is 0.416 e. The highest BCUT2D eigenvalue weighted by Gasteiger charge is 2.32. The molecule has 1 atom stereocenters. The molecule has 3 aromatic rings. The van der Waals surface area contributed by atoms with E-state index in [4.69, 9.17) is 4.74 Å². The van der Waals surface area contributed by atoms with Gasteiger partial charge in [0, 0.05) is 18.7 Å². The summed E-state index contributed by atoms with van der Waals surface area (Å²) in [5, 5.41) is 5.21. The normalized spacial score (nSPS) is 16.7. The van der Waals surface area contributed by atoms with E-state index < -0.39 is 23.5 Å². The van der Waals surface area contributed by atoms with Gasteiger partial charge in [0.25, 0.3) is 5.91 Å². The molecule has 0 radical (unpaired) electrons. The molecule has 0 bridgehead atoms. The number of halogens is 4. The van der Waals surface area contributed by atoms with Crippen molar-refractivity contribution in [2.45, 2.75) is 18.6 Å². The van der Waals surface area contributed by atoms with Gasteiger partial charge in [-0.1, -0.05) is 18.7 Å². The topological polar surface area (TPSA) is 60.2 Å². The van der Waals surface area contributed by atoms with E-state index in [-0.39, 0.29) is 12.6 Å². The first-order valence-corrected chi connectivity index (χ1v) is 9.42. The van der Waals surface area contributed by atoms with Crippen molar-refractivity contribution in [3.05, 3.63) is 54.5 Å². The predicted molar refractivity (Wildman–Crippen MR) is 105 cm³/mol. The highest BCUT2D eigenvalue weighted by molar-refractivity contribution is 5.92. The molecule has 1 aliphatic heterocycles. The number of hydrogen-bond acceptors (Lipinski definition) is 4. The van der Waals surface area contributed by atoms with Gasteiger partial charge in [-0.3, -0.25) is 4.79 Å². The van der Waals surface area contributed by atoms with E-state index in [1.807, 2.05) is 0 Å². The molecule has 1 unspecified atom stereocenters. The number of benzene rings is 1. The molecule has 4 rings (SSSR count). The van der Waals surface area contributed by atoms with E-state index in [2.05, 4.69) is 16.7 Å². The third kappa shape index (κ3) is 3.85. The number of alkyl halides is 3. The SMILES string of the molecule is C=C(F)C(=O)N1CCC(n2nc(-c3ccc(C(F)(F)F)cc3)c3cc(OC)cnc32)C1. The van der Waals surface area contributed by atoms with Crippen LogP contribution < -0.4 is 4.74 Å². The third-order valence-electron chi connectivity index (χ3n) is 5.27. The zero-order valence-corrected chi connectivity index (χ0v) is 16.5. The van der Waals surface area contributed by atoms with Crippen molar-refractivity contribution in [2.24, 2.45) is 0 Å². The van der Waals surface area contributed by atoms with Crippen molar-refractivity contribution in [2.75, 3.05) is 20.2 Å². The highest BCUT2D eigenvalue weighted by Crippen LogP contribution is 2.35. The number of carbonyl (C=O) groups excluding carboxylic acids is 1. The number of ether oxygens (including phenoxy) is 1. The fraction of sp³-hybridized carbons (Fsp3) is 0.286. The quantitative estimate of drug-likeness (QED) is 0.452. The maximum absolute atomic E-state index is 13.2. The van der Waals surface area contributed by atoms with Crippen LogP contribution in [0.5, 0.6) is 5.75 Å². The van der Waals surface area contributed by atoms with E-state index in [1.165, 1.54) is 30.3 Å². The number of amides is 1. The molecule has 1 aromatic carbocycles. The number of fused-ring (bicyclic) bond motifs is 1. The third-order valence-corrected chi connectivity index (χ3v) is 5.27. The van der Waals surface area contributed by atoms with Crippen molar-refractivity contribution in [3.63, 3.8) is 0 Å². The van der Waals surface area contributed by atoms with Gasteiger partial charge >= 0.3 is 6.18 Å². The Morgan fingerprint density at radius 3 is 2.58 bits per heavy atom. The predicted octanol–water partition coefficient (Wildman–Crippen LogP) is 4.38. The van der Waals surface area contributed by atoms with Crippen LogP contribution in [0, 0.1) is 0 Å². The summed E-state index contributed by atoms with van der Waals surface area (Å²) in [7, 11) is 1.48. The molecule has 6 nitrogen and oxygen atoms in total. The summed E-state index contributed by atoms with van der Waals surface area (Å²) >= 11 is 0. The Morgan fingerprint density at radius 1 is 1.26 bits per heavy atom. The van der Waals surface area contributed by atoms with Crippen molar-refractivity contribution in [1.82, 2.24) is 19.7 Å². The number of methoxy groups -OCH3 is 1. The van der Waals surface area contributed by atoms with Crippen LogP contribution in [0.25, 0.3) is 22.3 Å². The van der Waals surface area contributed by atoms with Gasteiger partial charge in [-0.2, -0.15) is 18.3 Å². The maximum atomic E-state index is 13.2. The van der Waals surface area contributed by atoms with Gasteiger partial charge in [-0.05, 0) is 24.6 Å². The van der Waals surface area contributed by atoms with Crippen molar-refractivity contribution >= 4 is 16.9 Å². The molecule has 1 amide bonds. The van der Waals surface area contributed by atoms with E-state index >= 15 is 0 Å². The first-order valence-electron chi connectivity index (χ1n) is 9.42. The lowest BCUT2D eigenvalue weighted by Gasteiger charge is -2.15. The number of hydrogen-bond donors (Lipinski definition) is 0. The second-order valence-corrected chi connectivity index (χ2v) is 7.21. The molecular formula is C21H18F4N4O2. The molecule has 10 heteroatoms. The number of nitrogens with zero attached hydrogens (tertiary/aromatic N) is 4. The summed E-state index contributed by atoms with van der Waals surface area (Å²) in [5.41, 5.74) is 0.658. The first kappa shape index (κ1) is 20.8. The van der Waals surface area contributed by atoms with Crippen LogP contribution in [0.15, 0.2) is 48.9 Å². The summed E-state index contributed by atoms with van der Waals surface area (Å²) < 4.78 is 58.9. The van der Waals surface area contributed by atoms with Crippen LogP contribution >= 0.6 is 0 Å². The molecule has 3 heterocycles. The van der Waals surface area contributed by atoms with Gasteiger partial charge in [0.05, 0.1) is 30.3 Å². The summed E-state index contributed by atoms with van der Waals surface area (Å²) in [6.07, 6.45) is -2.40. The summed E-state index contributed by atoms with van der Waals surface area (Å²) in [4.78, 5) is 17.7. The molecule has 162 valence electrons. The Labute approximate surface area is 174 Å². The van der Waals surface area contributed by atoms with Gasteiger partial charge in [0.1, 0.15) is 11.4 Å². The minimum atomic E-state index is -4.44. The van der Waals surface area contributed by atoms with Gasteiger partial charge in [0.2, 0.25) is 0 Å². The lowest BCUT2D eigenvalue weighted by Crippen LogP contribution is -2.29. The second-order valence-electron chi connectivity index (χ2n) is 7.21. The summed E-state index contributed by atoms with van der Waals surface area (Å²) in [6.45, 7) is 3.60. The van der Waals surface area contributed by atoms with Crippen LogP contribution in [-0.4, -0.2) is 45.8 Å². The minimum Gasteiger partial charge on any atom is -0.495 e. The van der Waals surface area contributed by atoms with Crippen LogP contribution in [-0.2, 0) is 11.0 Å². The van der Waals surface area contributed by atoms with E-state index in [0.717, 1.165) is 12.1 Å². The van der Waals surface area contributed by atoms with Crippen LogP contribution in [0.4, 0.5) is 17.6 Å². The number of likely N-dealkylation sites (tertiary alicyclic amines) is 1. The van der Waals surface area contributed by atoms with Crippen LogP contribution in [0.1, 0.15) is 18.0 Å². The Balaban J connectivity index is 1.77. The highest BCUT2D eigenvalue weighted by atomic mass is 19.4. The average molecular weight is 434 g/mol. The van der Waals surface area contributed by atoms with Crippen molar-refractivity contribution in [1.29, 1.82) is 0 Å². The Hall–Kier alpha value is -3.43. The lowest BCUT2D eigenvalue weighted by molar-refractivity contribution is -0.137. The smallest absolute Gasteiger partial charge is 0.416 e. The molecule has 31 heavy (non-hydrogen) atoms. The van der Waals surface area contributed by atoms with Crippen molar-refractivity contribution < 1.29 is 27.1 Å². The Kier molecular flexibility index (Phi) is 5.16. The van der Waals surface area contributed by atoms with Crippen LogP contribution in [0.3, 0.4) is 0 Å². The van der Waals surface area contributed by atoms with Gasteiger partial charge < -0.3 is 9.64 Å². The van der Waals surface area contributed by atoms with Gasteiger partial charge in [-0.15, -0.1) is 0 Å². The van der Waals surface area contributed by atoms with Gasteiger partial charge in [-0.25, -0.2) is 14.1 Å². The number of pyridine rings is 1. The molecule has 0 aliphatic carbocycles. The zero-order chi connectivity index (χ0) is 22.3. The Bertz CT molecular complexity index is 1150. The van der Waals surface area contributed by atoms with E-state index in [0.29, 0.717) is 41.0 Å². The second kappa shape index (κ2) is 7.68. The van der Waals surface area contributed by atoms with E-state index in [9.17, 15) is 22.4 Å². The first-order chi connectivity index (χ1) is 14.7. The standard InChI is InChI=1S/C21H18F4N4O2/c1-12(22)20(30)28-8-7-15(11-28)29-19-17(9-16(31-2)10-26-19)18(27-29)13-3-5-14(6-4-13)21(23,24)25/h3-6,9-10,15H,1,7-8,11H2,2H3. The largest absolute Gasteiger partial charge is 0.495 e. The fourth-order valence-corrected chi connectivity index (χ4v) is 3.70. The van der Waals surface area contributed by atoms with E-state index in [1.54, 1.807) is 10.7 Å². The number of carbonyl (C=O) groups is 1. The molecular weight excluding hydrogens is 416 g/mol. The average Bonchev–Trinajstić information content (AvgIpc) is 3.37. The molecule has 1 saturated heterocycles. The monoisotopic (exact) mass is 434 g/mol. The fourth-order valence-electron chi connectivity index (χ4n) is 3.70.